The molecule has 1 unspecified atom stereocenters. The third kappa shape index (κ3) is 10.0. The van der Waals surface area contributed by atoms with Crippen molar-refractivity contribution >= 4 is 5.97 Å². The van der Waals surface area contributed by atoms with Crippen LogP contribution in [0.4, 0.5) is 0 Å². The van der Waals surface area contributed by atoms with E-state index in [-0.39, 0.29) is 37.3 Å². The van der Waals surface area contributed by atoms with Crippen LogP contribution in [0.3, 0.4) is 0 Å². The van der Waals surface area contributed by atoms with Gasteiger partial charge in [-0.1, -0.05) is 20.8 Å². The van der Waals surface area contributed by atoms with E-state index in [1.165, 1.54) is 14.0 Å². The summed E-state index contributed by atoms with van der Waals surface area (Å²) in [5.74, 6) is -2.58. The van der Waals surface area contributed by atoms with Gasteiger partial charge in [0, 0.05) is 38.1 Å². The number of carbonyl (C=O) groups is 1. The molecule has 3 aliphatic rings. The monoisotopic (exact) mass is 749 g/mol. The molecule has 3 heterocycles. The van der Waals surface area contributed by atoms with Gasteiger partial charge in [-0.15, -0.1) is 0 Å². The highest BCUT2D eigenvalue weighted by Gasteiger charge is 2.52. The van der Waals surface area contributed by atoms with Crippen LogP contribution in [0.5, 0.6) is 0 Å². The number of aliphatic hydroxyl groups is 5. The summed E-state index contributed by atoms with van der Waals surface area (Å²) in [5.41, 5.74) is -4.37. The minimum Gasteiger partial charge on any atom is -0.459 e. The van der Waals surface area contributed by atoms with Gasteiger partial charge in [0.1, 0.15) is 30.0 Å². The second kappa shape index (κ2) is 17.8. The van der Waals surface area contributed by atoms with Crippen LogP contribution in [-0.4, -0.2) is 166 Å². The first-order valence-electron chi connectivity index (χ1n) is 19.1. The summed E-state index contributed by atoms with van der Waals surface area (Å²) in [6, 6.07) is -0.808. The normalized spacial score (nSPS) is 49.6. The molecular formula is C38H72N2O12. The molecule has 0 radical (unpaired) electrons. The first-order valence-corrected chi connectivity index (χ1v) is 19.1. The van der Waals surface area contributed by atoms with Gasteiger partial charge >= 0.3 is 5.97 Å². The van der Waals surface area contributed by atoms with E-state index in [0.29, 0.717) is 13.0 Å². The molecule has 3 aliphatic heterocycles. The molecule has 3 saturated heterocycles. The Morgan fingerprint density at radius 1 is 0.942 bits per heavy atom. The van der Waals surface area contributed by atoms with Crippen LogP contribution in [0, 0.1) is 17.8 Å². The van der Waals surface area contributed by atoms with Gasteiger partial charge in [-0.2, -0.15) is 0 Å². The van der Waals surface area contributed by atoms with Gasteiger partial charge in [-0.3, -0.25) is 4.79 Å². The molecule has 0 amide bonds. The van der Waals surface area contributed by atoms with Crippen molar-refractivity contribution in [3.05, 3.63) is 0 Å². The number of likely N-dealkylation sites (N-methyl/N-ethyl adjacent to an activating group) is 2. The number of aliphatic hydroxyl groups excluding tert-OH is 3. The number of ether oxygens (including phenoxy) is 6. The van der Waals surface area contributed by atoms with Crippen LogP contribution in [0.1, 0.15) is 94.9 Å². The minimum atomic E-state index is -1.80. The molecule has 5 N–H and O–H groups in total. The van der Waals surface area contributed by atoms with Crippen molar-refractivity contribution in [2.75, 3.05) is 34.8 Å². The van der Waals surface area contributed by atoms with Gasteiger partial charge in [0.25, 0.3) is 0 Å². The Morgan fingerprint density at radius 3 is 2.12 bits per heavy atom. The lowest BCUT2D eigenvalue weighted by molar-refractivity contribution is -0.318. The van der Waals surface area contributed by atoms with Crippen molar-refractivity contribution in [2.24, 2.45) is 17.8 Å². The van der Waals surface area contributed by atoms with Gasteiger partial charge < -0.3 is 63.8 Å². The Balaban J connectivity index is 2.17. The maximum Gasteiger partial charge on any atom is 0.311 e. The molecule has 0 aliphatic carbocycles. The highest BCUT2D eigenvalue weighted by atomic mass is 16.7. The quantitative estimate of drug-likeness (QED) is 0.238. The van der Waals surface area contributed by atoms with E-state index in [4.69, 9.17) is 28.4 Å². The number of rotatable bonds is 7. The van der Waals surface area contributed by atoms with E-state index in [1.807, 2.05) is 51.7 Å². The van der Waals surface area contributed by atoms with E-state index in [0.717, 1.165) is 0 Å². The van der Waals surface area contributed by atoms with Crippen molar-refractivity contribution in [1.82, 2.24) is 9.80 Å². The van der Waals surface area contributed by atoms with Crippen molar-refractivity contribution in [3.8, 4) is 0 Å². The van der Waals surface area contributed by atoms with Crippen LogP contribution in [0.2, 0.25) is 0 Å². The zero-order chi connectivity index (χ0) is 39.7. The van der Waals surface area contributed by atoms with Crippen LogP contribution < -0.4 is 0 Å². The largest absolute Gasteiger partial charge is 0.459 e. The van der Waals surface area contributed by atoms with Gasteiger partial charge in [-0.05, 0) is 94.8 Å². The molecular weight excluding hydrogens is 676 g/mol. The molecule has 0 aromatic heterocycles. The maximum atomic E-state index is 14.2. The molecule has 3 fully saturated rings. The van der Waals surface area contributed by atoms with Crippen LogP contribution in [-0.2, 0) is 33.2 Å². The zero-order valence-electron chi connectivity index (χ0n) is 34.2. The van der Waals surface area contributed by atoms with Gasteiger partial charge in [0.2, 0.25) is 0 Å². The van der Waals surface area contributed by atoms with E-state index < -0.39 is 96.0 Å². The van der Waals surface area contributed by atoms with Crippen LogP contribution in [0.25, 0.3) is 0 Å². The Bertz CT molecular complexity index is 1140. The maximum absolute atomic E-state index is 14.2. The highest BCUT2D eigenvalue weighted by molar-refractivity contribution is 5.73. The average molecular weight is 749 g/mol. The molecule has 0 aromatic carbocycles. The third-order valence-corrected chi connectivity index (χ3v) is 12.2. The zero-order valence-corrected chi connectivity index (χ0v) is 34.2. The van der Waals surface area contributed by atoms with Crippen molar-refractivity contribution in [1.29, 1.82) is 0 Å². The first kappa shape index (κ1) is 45.4. The number of hydrogen-bond acceptors (Lipinski definition) is 14. The standard InChI is InChI=1S/C38H72N2O12/c1-15-27-38(10,46)31(42)24(6)40(13)19-20(2)17-36(8,45)33(52-35-29(41)26(39(11)12)16-21(3)48-35)22(4)30(23(5)34(44)50-27)51-28-18-37(9,47-14)32(43)25(7)49-28/h20-33,35,41-43,45-46H,15-19H2,1-14H3/t20-,21-,22+,23-,24-,25+,26+,27-,28+,29-,30?,31-,32+,33-,35+,36-,37-,38-/m1/s1. The summed E-state index contributed by atoms with van der Waals surface area (Å²) in [6.07, 6.45) is -8.19. The van der Waals surface area contributed by atoms with E-state index in [9.17, 15) is 30.3 Å². The average Bonchev–Trinajstić information content (AvgIpc) is 3.05. The number of esters is 1. The number of carbonyl (C=O) groups excluding carboxylic acids is 1. The van der Waals surface area contributed by atoms with Crippen molar-refractivity contribution < 1.29 is 58.7 Å². The predicted octanol–water partition coefficient (Wildman–Crippen LogP) is 1.90. The van der Waals surface area contributed by atoms with Gasteiger partial charge in [0.05, 0.1) is 41.5 Å². The molecule has 0 bridgehead atoms. The Hall–Kier alpha value is -1.01. The molecule has 0 spiro atoms. The molecule has 14 nitrogen and oxygen atoms in total. The summed E-state index contributed by atoms with van der Waals surface area (Å²) in [4.78, 5) is 18.0. The van der Waals surface area contributed by atoms with Gasteiger partial charge in [-0.25, -0.2) is 0 Å². The lowest BCUT2D eigenvalue weighted by Crippen LogP contribution is -2.60. The fourth-order valence-corrected chi connectivity index (χ4v) is 8.74. The Kier molecular flexibility index (Phi) is 15.6. The fourth-order valence-electron chi connectivity index (χ4n) is 8.74. The minimum absolute atomic E-state index is 0.133. The topological polar surface area (TPSA) is 180 Å². The molecule has 18 atom stereocenters. The molecule has 0 aromatic rings. The lowest BCUT2D eigenvalue weighted by Gasteiger charge is -2.48. The molecule has 306 valence electrons. The van der Waals surface area contributed by atoms with E-state index in [2.05, 4.69) is 0 Å². The predicted molar refractivity (Wildman–Crippen MR) is 194 cm³/mol. The molecule has 14 heteroatoms. The van der Waals surface area contributed by atoms with Crippen molar-refractivity contribution in [2.45, 2.75) is 185 Å². The van der Waals surface area contributed by atoms with E-state index >= 15 is 0 Å². The molecule has 3 rings (SSSR count). The number of nitrogens with zero attached hydrogens (tertiary/aromatic N) is 2. The van der Waals surface area contributed by atoms with Crippen LogP contribution in [0.15, 0.2) is 0 Å². The SMILES string of the molecule is CC[C@H]1OC(=O)[C@H](C)C(O[C@H]2C[C@@](C)(OC)[C@@H](O)[C@H](C)O2)[C@H](C)[C@@H](O[C@@H]2O[C@H](C)C[C@H](N(C)C)[C@H]2O)[C@](C)(O)C[C@@H](C)CN(C)[C@H](C)[C@@H](O)[C@]1(C)O. The third-order valence-electron chi connectivity index (χ3n) is 12.2. The summed E-state index contributed by atoms with van der Waals surface area (Å²) in [6.45, 7) is 18.0. The molecule has 52 heavy (non-hydrogen) atoms. The summed E-state index contributed by atoms with van der Waals surface area (Å²) in [5, 5.41) is 58.1. The second-order valence-corrected chi connectivity index (χ2v) is 17.2. The fraction of sp³-hybridized carbons (Fsp3) is 0.974. The highest BCUT2D eigenvalue weighted by Crippen LogP contribution is 2.40. The van der Waals surface area contributed by atoms with Crippen LogP contribution >= 0.6 is 0 Å². The number of hydrogen-bond donors (Lipinski definition) is 5. The second-order valence-electron chi connectivity index (χ2n) is 17.2. The first-order chi connectivity index (χ1) is 23.9. The van der Waals surface area contributed by atoms with E-state index in [1.54, 1.807) is 41.5 Å². The van der Waals surface area contributed by atoms with Crippen molar-refractivity contribution in [3.63, 3.8) is 0 Å². The summed E-state index contributed by atoms with van der Waals surface area (Å²) in [7, 11) is 7.12. The molecule has 0 saturated carbocycles. The number of cyclic esters (lactones) is 1. The lowest BCUT2D eigenvalue weighted by atomic mass is 9.77. The van der Waals surface area contributed by atoms with Gasteiger partial charge in [0.15, 0.2) is 12.6 Å². The Labute approximate surface area is 312 Å². The Morgan fingerprint density at radius 2 is 1.56 bits per heavy atom. The number of methoxy groups -OCH3 is 1. The summed E-state index contributed by atoms with van der Waals surface area (Å²) >= 11 is 0. The summed E-state index contributed by atoms with van der Waals surface area (Å²) < 4.78 is 37.5. The smallest absolute Gasteiger partial charge is 0.311 e.